The van der Waals surface area contributed by atoms with Gasteiger partial charge in [-0.2, -0.15) is 0 Å². The average Bonchev–Trinajstić information content (AvgIpc) is 3.25. The van der Waals surface area contributed by atoms with Crippen molar-refractivity contribution in [1.29, 1.82) is 0 Å². The van der Waals surface area contributed by atoms with Crippen molar-refractivity contribution in [2.45, 2.75) is 83.4 Å². The van der Waals surface area contributed by atoms with Crippen molar-refractivity contribution in [2.75, 3.05) is 6.61 Å². The minimum Gasteiger partial charge on any atom is -0.465 e. The van der Waals surface area contributed by atoms with Gasteiger partial charge in [0.2, 0.25) is 0 Å². The molecule has 5 rings (SSSR count). The van der Waals surface area contributed by atoms with E-state index in [-0.39, 0.29) is 18.4 Å². The molecule has 9 nitrogen and oxygen atoms in total. The number of fused-ring (bicyclic) bond motifs is 1. The van der Waals surface area contributed by atoms with E-state index in [2.05, 4.69) is 0 Å². The predicted molar refractivity (Wildman–Crippen MR) is 170 cm³/mol. The molecule has 46 heavy (non-hydrogen) atoms. The van der Waals surface area contributed by atoms with Gasteiger partial charge in [0.15, 0.2) is 6.10 Å². The lowest BCUT2D eigenvalue weighted by molar-refractivity contribution is -0.300. The Labute approximate surface area is 269 Å². The standard InChI is InChI=1S/C37H42O9/c1-24-20-30(44-32(40)18-16-27-12-8-6-9-13-27)34(43-26(3)39)36(23-42-25(2)38)31(21-29-22-37(24,36)46-35(29,4)5)45-33(41)19-17-28-14-10-7-11-15-28/h6-19,24,29-31,34H,20-23H2,1-5H3/b18-16+,19-17+/t24-,29-,30+,31+,34-,36-,37+/m1/s1. The summed E-state index contributed by atoms with van der Waals surface area (Å²) in [6.07, 6.45) is 4.19. The smallest absolute Gasteiger partial charge is 0.331 e. The summed E-state index contributed by atoms with van der Waals surface area (Å²) >= 11 is 0. The zero-order chi connectivity index (χ0) is 33.1. The Morgan fingerprint density at radius 3 is 1.91 bits per heavy atom. The molecule has 1 spiro atoms. The third-order valence-electron chi connectivity index (χ3n) is 9.82. The van der Waals surface area contributed by atoms with Gasteiger partial charge in [-0.3, -0.25) is 9.59 Å². The Morgan fingerprint density at radius 2 is 1.37 bits per heavy atom. The summed E-state index contributed by atoms with van der Waals surface area (Å²) in [7, 11) is 0. The molecule has 7 atom stereocenters. The highest BCUT2D eigenvalue weighted by molar-refractivity contribution is 5.88. The SMILES string of the molecule is CC(=O)OC[C@]12[C@@H](OC(=O)/C=C/c3ccccc3)C[C@@H]3C[C@]1(OC3(C)C)[C@H](C)C[C@H](OC(=O)/C=C/c1ccccc1)[C@H]2OC(C)=O. The molecule has 244 valence electrons. The van der Waals surface area contributed by atoms with E-state index in [0.717, 1.165) is 11.1 Å². The van der Waals surface area contributed by atoms with Crippen LogP contribution in [0.25, 0.3) is 12.2 Å². The number of carbonyl (C=O) groups excluding carboxylic acids is 4. The third-order valence-corrected chi connectivity index (χ3v) is 9.82. The number of ether oxygens (including phenoxy) is 5. The molecule has 3 aliphatic rings. The molecule has 0 amide bonds. The Hall–Kier alpha value is -4.24. The molecule has 2 bridgehead atoms. The van der Waals surface area contributed by atoms with Crippen molar-refractivity contribution in [1.82, 2.24) is 0 Å². The zero-order valence-corrected chi connectivity index (χ0v) is 27.0. The number of carbonyl (C=O) groups is 4. The van der Waals surface area contributed by atoms with Crippen LogP contribution in [0.1, 0.15) is 65.0 Å². The maximum atomic E-state index is 13.5. The van der Waals surface area contributed by atoms with Crippen molar-refractivity contribution in [3.05, 3.63) is 83.9 Å². The first-order valence-corrected chi connectivity index (χ1v) is 15.7. The van der Waals surface area contributed by atoms with Crippen LogP contribution in [0.5, 0.6) is 0 Å². The van der Waals surface area contributed by atoms with Gasteiger partial charge in [0.25, 0.3) is 0 Å². The monoisotopic (exact) mass is 630 g/mol. The molecule has 1 aliphatic heterocycles. The van der Waals surface area contributed by atoms with Crippen LogP contribution in [0, 0.1) is 17.3 Å². The first-order chi connectivity index (χ1) is 21.9. The fourth-order valence-corrected chi connectivity index (χ4v) is 7.74. The molecule has 2 aromatic rings. The molecule has 9 heteroatoms. The molecule has 0 aromatic heterocycles. The molecular weight excluding hydrogens is 588 g/mol. The number of hydrogen-bond acceptors (Lipinski definition) is 9. The molecule has 2 aliphatic carbocycles. The van der Waals surface area contributed by atoms with Crippen LogP contribution in [0.15, 0.2) is 72.8 Å². The molecule has 0 unspecified atom stereocenters. The van der Waals surface area contributed by atoms with Crippen LogP contribution in [0.2, 0.25) is 0 Å². The van der Waals surface area contributed by atoms with E-state index >= 15 is 0 Å². The molecule has 2 aromatic carbocycles. The van der Waals surface area contributed by atoms with Gasteiger partial charge in [0, 0.05) is 26.0 Å². The van der Waals surface area contributed by atoms with E-state index in [0.29, 0.717) is 19.3 Å². The maximum Gasteiger partial charge on any atom is 0.331 e. The second-order valence-electron chi connectivity index (χ2n) is 13.1. The van der Waals surface area contributed by atoms with E-state index in [1.807, 2.05) is 81.4 Å². The van der Waals surface area contributed by atoms with Crippen LogP contribution < -0.4 is 0 Å². The van der Waals surface area contributed by atoms with E-state index in [4.69, 9.17) is 23.7 Å². The minimum absolute atomic E-state index is 0.0119. The molecule has 0 radical (unpaired) electrons. The Morgan fingerprint density at radius 1 is 0.804 bits per heavy atom. The summed E-state index contributed by atoms with van der Waals surface area (Å²) in [6, 6.07) is 18.7. The van der Waals surface area contributed by atoms with Crippen molar-refractivity contribution >= 4 is 36.0 Å². The zero-order valence-electron chi connectivity index (χ0n) is 27.0. The quantitative estimate of drug-likeness (QED) is 0.195. The normalized spacial score (nSPS) is 31.2. The molecule has 3 fully saturated rings. The van der Waals surface area contributed by atoms with Crippen LogP contribution in [-0.4, -0.2) is 60.0 Å². The number of benzene rings is 2. The van der Waals surface area contributed by atoms with Crippen LogP contribution >= 0.6 is 0 Å². The van der Waals surface area contributed by atoms with Crippen molar-refractivity contribution in [3.63, 3.8) is 0 Å². The average molecular weight is 631 g/mol. The summed E-state index contributed by atoms with van der Waals surface area (Å²) in [6.45, 7) is 8.27. The third kappa shape index (κ3) is 6.51. The van der Waals surface area contributed by atoms with Crippen LogP contribution in [-0.2, 0) is 42.9 Å². The first-order valence-electron chi connectivity index (χ1n) is 15.7. The van der Waals surface area contributed by atoms with E-state index in [1.165, 1.54) is 26.0 Å². The molecule has 1 heterocycles. The fraction of sp³-hybridized carbons (Fsp3) is 0.459. The molecular formula is C37H42O9. The van der Waals surface area contributed by atoms with Gasteiger partial charge < -0.3 is 23.7 Å². The lowest BCUT2D eigenvalue weighted by Gasteiger charge is -2.62. The summed E-state index contributed by atoms with van der Waals surface area (Å²) in [4.78, 5) is 51.8. The van der Waals surface area contributed by atoms with Gasteiger partial charge in [0.1, 0.15) is 24.2 Å². The second kappa shape index (κ2) is 13.2. The van der Waals surface area contributed by atoms with Gasteiger partial charge in [-0.25, -0.2) is 9.59 Å². The Kier molecular flexibility index (Phi) is 9.54. The van der Waals surface area contributed by atoms with E-state index < -0.39 is 58.8 Å². The first kappa shape index (κ1) is 33.1. The minimum atomic E-state index is -1.39. The van der Waals surface area contributed by atoms with Gasteiger partial charge in [-0.1, -0.05) is 67.6 Å². The van der Waals surface area contributed by atoms with Crippen LogP contribution in [0.3, 0.4) is 0 Å². The van der Waals surface area contributed by atoms with Crippen molar-refractivity contribution in [3.8, 4) is 0 Å². The topological polar surface area (TPSA) is 114 Å². The van der Waals surface area contributed by atoms with E-state index in [9.17, 15) is 19.2 Å². The number of rotatable bonds is 9. The summed E-state index contributed by atoms with van der Waals surface area (Å²) in [5, 5.41) is 0. The Balaban J connectivity index is 1.57. The van der Waals surface area contributed by atoms with Gasteiger partial charge in [-0.05, 0) is 68.2 Å². The molecule has 2 saturated carbocycles. The predicted octanol–water partition coefficient (Wildman–Crippen LogP) is 5.72. The highest BCUT2D eigenvalue weighted by Gasteiger charge is 2.78. The summed E-state index contributed by atoms with van der Waals surface area (Å²) in [5.74, 6) is -2.69. The molecule has 1 saturated heterocycles. The fourth-order valence-electron chi connectivity index (χ4n) is 7.74. The highest BCUT2D eigenvalue weighted by atomic mass is 16.6. The van der Waals surface area contributed by atoms with E-state index in [1.54, 1.807) is 12.2 Å². The lowest BCUT2D eigenvalue weighted by Crippen LogP contribution is -2.74. The van der Waals surface area contributed by atoms with Crippen LogP contribution in [0.4, 0.5) is 0 Å². The highest BCUT2D eigenvalue weighted by Crippen LogP contribution is 2.67. The van der Waals surface area contributed by atoms with Crippen molar-refractivity contribution in [2.24, 2.45) is 17.3 Å². The number of hydrogen-bond donors (Lipinski definition) is 0. The second-order valence-corrected chi connectivity index (χ2v) is 13.1. The van der Waals surface area contributed by atoms with Gasteiger partial charge in [0.05, 0.1) is 11.2 Å². The van der Waals surface area contributed by atoms with Crippen molar-refractivity contribution < 1.29 is 42.9 Å². The summed E-state index contributed by atoms with van der Waals surface area (Å²) < 4.78 is 31.1. The number of esters is 4. The maximum absolute atomic E-state index is 13.5. The summed E-state index contributed by atoms with van der Waals surface area (Å²) in [5.41, 5.74) is -1.42. The molecule has 0 N–H and O–H groups in total. The van der Waals surface area contributed by atoms with Gasteiger partial charge >= 0.3 is 23.9 Å². The Bertz CT molecular complexity index is 1500. The largest absolute Gasteiger partial charge is 0.465 e. The van der Waals surface area contributed by atoms with Gasteiger partial charge in [-0.15, -0.1) is 0 Å². The lowest BCUT2D eigenvalue weighted by atomic mass is 9.49.